The van der Waals surface area contributed by atoms with Crippen molar-refractivity contribution in [2.45, 2.75) is 44.4 Å². The Morgan fingerprint density at radius 2 is 2.30 bits per heavy atom. The van der Waals surface area contributed by atoms with Crippen LogP contribution in [0.15, 0.2) is 16.0 Å². The highest BCUT2D eigenvalue weighted by Crippen LogP contribution is 2.15. The van der Waals surface area contributed by atoms with Crippen LogP contribution < -0.4 is 5.56 Å². The normalized spacial score (nSPS) is 12.3. The van der Waals surface area contributed by atoms with Crippen LogP contribution in [-0.2, 0) is 16.0 Å². The number of aromatic nitrogens is 2. The summed E-state index contributed by atoms with van der Waals surface area (Å²) in [7, 11) is 0. The van der Waals surface area contributed by atoms with Gasteiger partial charge in [0.05, 0.1) is 0 Å². The molecule has 112 valence electrons. The molecule has 6 nitrogen and oxygen atoms in total. The van der Waals surface area contributed by atoms with Crippen LogP contribution in [0, 0.1) is 0 Å². The van der Waals surface area contributed by atoms with Crippen molar-refractivity contribution in [2.24, 2.45) is 0 Å². The summed E-state index contributed by atoms with van der Waals surface area (Å²) in [4.78, 5) is 29.4. The Hall–Kier alpha value is -1.34. The van der Waals surface area contributed by atoms with E-state index in [1.165, 1.54) is 17.8 Å². The van der Waals surface area contributed by atoms with Crippen molar-refractivity contribution in [2.75, 3.05) is 12.4 Å². The minimum absolute atomic E-state index is 0.175. The van der Waals surface area contributed by atoms with Gasteiger partial charge in [-0.3, -0.25) is 4.79 Å². The lowest BCUT2D eigenvalue weighted by molar-refractivity contribution is -0.150. The lowest BCUT2D eigenvalue weighted by Gasteiger charge is -2.11. The Morgan fingerprint density at radius 1 is 1.55 bits per heavy atom. The summed E-state index contributed by atoms with van der Waals surface area (Å²) in [6.07, 6.45) is 1.24. The summed E-state index contributed by atoms with van der Waals surface area (Å²) >= 11 is 1.34. The van der Waals surface area contributed by atoms with E-state index in [1.54, 1.807) is 6.92 Å². The molecule has 0 saturated carbocycles. The smallest absolute Gasteiger partial charge is 0.332 e. The van der Waals surface area contributed by atoms with E-state index in [0.717, 1.165) is 18.5 Å². The van der Waals surface area contributed by atoms with Crippen molar-refractivity contribution in [1.82, 2.24) is 9.97 Å². The number of aromatic amines is 1. The molecule has 0 aliphatic rings. The van der Waals surface area contributed by atoms with Gasteiger partial charge in [0.15, 0.2) is 11.3 Å². The summed E-state index contributed by atoms with van der Waals surface area (Å²) in [5.74, 6) is -0.441. The maximum Gasteiger partial charge on any atom is 0.332 e. The Balaban J connectivity index is 2.56. The number of hydrogen-bond acceptors (Lipinski definition) is 5. The molecule has 0 aliphatic heterocycles. The number of rotatable bonds is 9. The number of thioether (sulfide) groups is 1. The number of nitrogens with one attached hydrogen (secondary N) is 1. The van der Waals surface area contributed by atoms with E-state index in [2.05, 4.69) is 9.97 Å². The third-order valence-electron chi connectivity index (χ3n) is 2.54. The fraction of sp³-hybridized carbons (Fsp3) is 0.615. The molecule has 0 spiro atoms. The molecular weight excluding hydrogens is 280 g/mol. The molecule has 0 aromatic carbocycles. The van der Waals surface area contributed by atoms with Crippen LogP contribution in [0.3, 0.4) is 0 Å². The standard InChI is InChI=1S/C13H20N2O4S/c1-3-5-9-8-11(16)15-13(14-9)20-7-6-10(12(17)18)19-4-2/h8,10H,3-7H2,1-2H3,(H,17,18)(H,14,15,16). The number of carbonyl (C=O) groups is 1. The number of H-pyrrole nitrogens is 1. The predicted molar refractivity (Wildman–Crippen MR) is 77.2 cm³/mol. The molecular formula is C13H20N2O4S. The molecule has 20 heavy (non-hydrogen) atoms. The third-order valence-corrected chi connectivity index (χ3v) is 3.45. The average Bonchev–Trinajstić information content (AvgIpc) is 2.37. The first kappa shape index (κ1) is 16.7. The molecule has 1 aromatic heterocycles. The van der Waals surface area contributed by atoms with E-state index >= 15 is 0 Å². The summed E-state index contributed by atoms with van der Waals surface area (Å²) in [5, 5.41) is 9.48. The van der Waals surface area contributed by atoms with Gasteiger partial charge in [-0.05, 0) is 19.8 Å². The maximum atomic E-state index is 11.5. The van der Waals surface area contributed by atoms with Gasteiger partial charge in [0.25, 0.3) is 5.56 Å². The van der Waals surface area contributed by atoms with E-state index in [9.17, 15) is 9.59 Å². The molecule has 0 bridgehead atoms. The van der Waals surface area contributed by atoms with Gasteiger partial charge < -0.3 is 14.8 Å². The van der Waals surface area contributed by atoms with Crippen LogP contribution in [0.2, 0.25) is 0 Å². The molecule has 1 heterocycles. The molecule has 1 rings (SSSR count). The number of hydrogen-bond donors (Lipinski definition) is 2. The fourth-order valence-electron chi connectivity index (χ4n) is 1.68. The number of aryl methyl sites for hydroxylation is 1. The Labute approximate surface area is 122 Å². The maximum absolute atomic E-state index is 11.5. The van der Waals surface area contributed by atoms with Crippen molar-refractivity contribution in [3.05, 3.63) is 22.1 Å². The zero-order valence-electron chi connectivity index (χ0n) is 11.7. The Morgan fingerprint density at radius 3 is 2.90 bits per heavy atom. The van der Waals surface area contributed by atoms with Gasteiger partial charge in [0.2, 0.25) is 0 Å². The number of carboxylic acid groups (broad SMARTS) is 1. The van der Waals surface area contributed by atoms with E-state index < -0.39 is 12.1 Å². The quantitative estimate of drug-likeness (QED) is 0.532. The SMILES string of the molecule is CCCc1cc(=O)[nH]c(SCCC(OCC)C(=O)O)n1. The molecule has 7 heteroatoms. The Bertz CT molecular complexity index is 490. The predicted octanol–water partition coefficient (Wildman–Crippen LogP) is 1.69. The molecule has 0 aliphatic carbocycles. The van der Waals surface area contributed by atoms with Crippen LogP contribution in [0.1, 0.15) is 32.4 Å². The number of aliphatic carboxylic acids is 1. The van der Waals surface area contributed by atoms with Gasteiger partial charge in [-0.1, -0.05) is 25.1 Å². The van der Waals surface area contributed by atoms with Gasteiger partial charge in [0.1, 0.15) is 0 Å². The molecule has 0 radical (unpaired) electrons. The lowest BCUT2D eigenvalue weighted by atomic mass is 10.2. The third kappa shape index (κ3) is 5.75. The van der Waals surface area contributed by atoms with Gasteiger partial charge in [0, 0.05) is 24.1 Å². The highest BCUT2D eigenvalue weighted by Gasteiger charge is 2.17. The summed E-state index contributed by atoms with van der Waals surface area (Å²) in [6, 6.07) is 1.49. The summed E-state index contributed by atoms with van der Waals surface area (Å²) in [5.41, 5.74) is 0.587. The molecule has 0 saturated heterocycles. The van der Waals surface area contributed by atoms with Crippen molar-refractivity contribution in [1.29, 1.82) is 0 Å². The number of nitrogens with zero attached hydrogens (tertiary/aromatic N) is 1. The minimum Gasteiger partial charge on any atom is -0.479 e. The van der Waals surface area contributed by atoms with Crippen LogP contribution in [0.25, 0.3) is 0 Å². The number of ether oxygens (including phenoxy) is 1. The molecule has 1 unspecified atom stereocenters. The van der Waals surface area contributed by atoms with Crippen molar-refractivity contribution in [3.63, 3.8) is 0 Å². The zero-order valence-corrected chi connectivity index (χ0v) is 12.5. The van der Waals surface area contributed by atoms with Crippen molar-refractivity contribution >= 4 is 17.7 Å². The van der Waals surface area contributed by atoms with Crippen molar-refractivity contribution < 1.29 is 14.6 Å². The zero-order chi connectivity index (χ0) is 15.0. The first-order valence-corrected chi connectivity index (χ1v) is 7.62. The van der Waals surface area contributed by atoms with E-state index in [0.29, 0.717) is 23.9 Å². The first-order chi connectivity index (χ1) is 9.56. The molecule has 0 amide bonds. The van der Waals surface area contributed by atoms with Gasteiger partial charge in [-0.25, -0.2) is 9.78 Å². The topological polar surface area (TPSA) is 92.3 Å². The monoisotopic (exact) mass is 300 g/mol. The van der Waals surface area contributed by atoms with E-state index in [4.69, 9.17) is 9.84 Å². The minimum atomic E-state index is -0.964. The number of carboxylic acids is 1. The molecule has 0 fully saturated rings. The molecule has 2 N–H and O–H groups in total. The lowest BCUT2D eigenvalue weighted by Crippen LogP contribution is -2.24. The van der Waals surface area contributed by atoms with E-state index in [-0.39, 0.29) is 5.56 Å². The van der Waals surface area contributed by atoms with Crippen LogP contribution in [0.5, 0.6) is 0 Å². The second kappa shape index (κ2) is 8.76. The van der Waals surface area contributed by atoms with Gasteiger partial charge in [-0.15, -0.1) is 0 Å². The highest BCUT2D eigenvalue weighted by molar-refractivity contribution is 7.99. The van der Waals surface area contributed by atoms with Crippen molar-refractivity contribution in [3.8, 4) is 0 Å². The molecule has 1 atom stereocenters. The molecule has 1 aromatic rings. The average molecular weight is 300 g/mol. The highest BCUT2D eigenvalue weighted by atomic mass is 32.2. The largest absolute Gasteiger partial charge is 0.479 e. The van der Waals surface area contributed by atoms with Crippen LogP contribution in [0.4, 0.5) is 0 Å². The van der Waals surface area contributed by atoms with Gasteiger partial charge in [-0.2, -0.15) is 0 Å². The van der Waals surface area contributed by atoms with Crippen LogP contribution in [-0.4, -0.2) is 39.5 Å². The van der Waals surface area contributed by atoms with Gasteiger partial charge >= 0.3 is 5.97 Å². The fourth-order valence-corrected chi connectivity index (χ4v) is 2.56. The summed E-state index contributed by atoms with van der Waals surface area (Å²) in [6.45, 7) is 4.15. The first-order valence-electron chi connectivity index (χ1n) is 6.64. The van der Waals surface area contributed by atoms with Crippen LogP contribution >= 0.6 is 11.8 Å². The Kier molecular flexibility index (Phi) is 7.32. The second-order valence-electron chi connectivity index (χ2n) is 4.21. The van der Waals surface area contributed by atoms with E-state index in [1.807, 2.05) is 6.92 Å². The summed E-state index contributed by atoms with van der Waals surface area (Å²) < 4.78 is 5.12. The second-order valence-corrected chi connectivity index (χ2v) is 5.29.